The van der Waals surface area contributed by atoms with Crippen LogP contribution in [0.15, 0.2) is 72.8 Å². The molecule has 1 saturated heterocycles. The molecular formula is C21H18O2. The van der Waals surface area contributed by atoms with Crippen LogP contribution in [0.4, 0.5) is 0 Å². The number of hydrogen-bond donors (Lipinski definition) is 0. The minimum atomic E-state index is -0.564. The van der Waals surface area contributed by atoms with Crippen molar-refractivity contribution in [3.05, 3.63) is 83.9 Å². The van der Waals surface area contributed by atoms with E-state index in [2.05, 4.69) is 42.5 Å². The highest BCUT2D eigenvalue weighted by molar-refractivity contribution is 5.89. The maximum atomic E-state index is 12.6. The maximum absolute atomic E-state index is 12.6. The molecule has 0 saturated carbocycles. The van der Waals surface area contributed by atoms with E-state index in [4.69, 9.17) is 4.74 Å². The molecule has 1 fully saturated rings. The molecule has 0 radical (unpaired) electrons. The number of carbonyl (C=O) groups is 1. The number of benzene rings is 3. The molecule has 1 heterocycles. The van der Waals surface area contributed by atoms with Crippen molar-refractivity contribution in [3.63, 3.8) is 0 Å². The Morgan fingerprint density at radius 1 is 0.870 bits per heavy atom. The highest BCUT2D eigenvalue weighted by Crippen LogP contribution is 2.38. The lowest BCUT2D eigenvalue weighted by molar-refractivity contribution is -0.142. The van der Waals surface area contributed by atoms with Crippen molar-refractivity contribution in [3.8, 4) is 0 Å². The summed E-state index contributed by atoms with van der Waals surface area (Å²) in [5.41, 5.74) is 1.66. The minimum absolute atomic E-state index is 0.100. The summed E-state index contributed by atoms with van der Waals surface area (Å²) in [6, 6.07) is 24.8. The molecule has 1 aliphatic rings. The van der Waals surface area contributed by atoms with Crippen molar-refractivity contribution in [1.82, 2.24) is 0 Å². The van der Waals surface area contributed by atoms with Crippen LogP contribution >= 0.6 is 0 Å². The van der Waals surface area contributed by atoms with Crippen LogP contribution < -0.4 is 0 Å². The number of fused-ring (bicyclic) bond motifs is 1. The zero-order valence-corrected chi connectivity index (χ0v) is 12.9. The molecule has 0 N–H and O–H groups in total. The average Bonchev–Trinajstić information content (AvgIpc) is 2.97. The topological polar surface area (TPSA) is 26.3 Å². The second-order valence-electron chi connectivity index (χ2n) is 6.19. The van der Waals surface area contributed by atoms with Crippen molar-refractivity contribution >= 4 is 16.7 Å². The predicted molar refractivity (Wildman–Crippen MR) is 91.3 cm³/mol. The average molecular weight is 302 g/mol. The highest BCUT2D eigenvalue weighted by atomic mass is 16.5. The molecule has 0 bridgehead atoms. The zero-order valence-electron chi connectivity index (χ0n) is 12.9. The van der Waals surface area contributed by atoms with Crippen LogP contribution in [0.3, 0.4) is 0 Å². The zero-order chi connectivity index (χ0) is 15.7. The van der Waals surface area contributed by atoms with Gasteiger partial charge >= 0.3 is 5.97 Å². The van der Waals surface area contributed by atoms with Crippen molar-refractivity contribution in [1.29, 1.82) is 0 Å². The summed E-state index contributed by atoms with van der Waals surface area (Å²) in [6.07, 6.45) is 1.42. The van der Waals surface area contributed by atoms with E-state index in [1.165, 1.54) is 10.9 Å². The SMILES string of the molecule is O=C1OCC[C@]1(Cc1ccccc1)c1ccc2ccccc2c1. The quantitative estimate of drug-likeness (QED) is 0.675. The lowest BCUT2D eigenvalue weighted by Crippen LogP contribution is -2.34. The van der Waals surface area contributed by atoms with Gasteiger partial charge in [0.15, 0.2) is 0 Å². The van der Waals surface area contributed by atoms with E-state index in [0.717, 1.165) is 17.4 Å². The molecule has 1 atom stereocenters. The molecule has 2 heteroatoms. The lowest BCUT2D eigenvalue weighted by Gasteiger charge is -2.26. The Hall–Kier alpha value is -2.61. The Morgan fingerprint density at radius 3 is 2.35 bits per heavy atom. The molecule has 2 nitrogen and oxygen atoms in total. The molecule has 0 unspecified atom stereocenters. The molecule has 0 spiro atoms. The van der Waals surface area contributed by atoms with Gasteiger partial charge < -0.3 is 4.74 Å². The van der Waals surface area contributed by atoms with Gasteiger partial charge in [-0.2, -0.15) is 0 Å². The molecule has 1 aliphatic heterocycles. The van der Waals surface area contributed by atoms with E-state index in [-0.39, 0.29) is 5.97 Å². The van der Waals surface area contributed by atoms with Gasteiger partial charge in [0.2, 0.25) is 0 Å². The number of ether oxygens (including phenoxy) is 1. The Kier molecular flexibility index (Phi) is 3.38. The molecule has 4 rings (SSSR count). The maximum Gasteiger partial charge on any atom is 0.317 e. The van der Waals surface area contributed by atoms with Gasteiger partial charge in [-0.25, -0.2) is 0 Å². The smallest absolute Gasteiger partial charge is 0.317 e. The second-order valence-corrected chi connectivity index (χ2v) is 6.19. The fraction of sp³-hybridized carbons (Fsp3) is 0.190. The molecule has 0 aliphatic carbocycles. The van der Waals surface area contributed by atoms with Gasteiger partial charge in [-0.15, -0.1) is 0 Å². The second kappa shape index (κ2) is 5.54. The third-order valence-corrected chi connectivity index (χ3v) is 4.80. The summed E-state index contributed by atoms with van der Waals surface area (Å²) in [6.45, 7) is 0.499. The molecule has 3 aromatic carbocycles. The van der Waals surface area contributed by atoms with Crippen LogP contribution in [0.25, 0.3) is 10.8 Å². The normalized spacial score (nSPS) is 20.6. The fourth-order valence-corrected chi connectivity index (χ4v) is 3.51. The van der Waals surface area contributed by atoms with E-state index >= 15 is 0 Å². The number of carbonyl (C=O) groups excluding carboxylic acids is 1. The monoisotopic (exact) mass is 302 g/mol. The first kappa shape index (κ1) is 14.0. The van der Waals surface area contributed by atoms with E-state index in [0.29, 0.717) is 13.0 Å². The van der Waals surface area contributed by atoms with E-state index < -0.39 is 5.41 Å². The summed E-state index contributed by atoms with van der Waals surface area (Å²) < 4.78 is 5.37. The predicted octanol–water partition coefficient (Wildman–Crippen LogP) is 4.27. The largest absolute Gasteiger partial charge is 0.465 e. The van der Waals surface area contributed by atoms with Crippen molar-refractivity contribution in [2.24, 2.45) is 0 Å². The van der Waals surface area contributed by atoms with Gasteiger partial charge in [0.05, 0.1) is 6.61 Å². The number of cyclic esters (lactones) is 1. The molecule has 0 amide bonds. The van der Waals surface area contributed by atoms with Gasteiger partial charge in [0, 0.05) is 6.42 Å². The van der Waals surface area contributed by atoms with E-state index in [9.17, 15) is 4.79 Å². The van der Waals surface area contributed by atoms with Crippen LogP contribution in [-0.4, -0.2) is 12.6 Å². The van der Waals surface area contributed by atoms with Crippen LogP contribution in [0.5, 0.6) is 0 Å². The first-order chi connectivity index (χ1) is 11.3. The summed E-state index contributed by atoms with van der Waals surface area (Å²) in [5, 5.41) is 2.36. The van der Waals surface area contributed by atoms with E-state index in [1.807, 2.05) is 30.3 Å². The summed E-state index contributed by atoms with van der Waals surface area (Å²) in [4.78, 5) is 12.6. The van der Waals surface area contributed by atoms with Crippen LogP contribution in [0.2, 0.25) is 0 Å². The van der Waals surface area contributed by atoms with Gasteiger partial charge in [-0.05, 0) is 34.4 Å². The Morgan fingerprint density at radius 2 is 1.61 bits per heavy atom. The van der Waals surface area contributed by atoms with Crippen LogP contribution in [-0.2, 0) is 21.4 Å². The molecule has 3 aromatic rings. The van der Waals surface area contributed by atoms with Gasteiger partial charge in [0.25, 0.3) is 0 Å². The Bertz CT molecular complexity index is 854. The molecule has 23 heavy (non-hydrogen) atoms. The standard InChI is InChI=1S/C21H18O2/c22-20-21(12-13-23-20,15-16-6-2-1-3-7-16)19-11-10-17-8-4-5-9-18(17)14-19/h1-11,14H,12-13,15H2/t21-/m0/s1. The van der Waals surface area contributed by atoms with Gasteiger partial charge in [-0.3, -0.25) is 4.79 Å². The van der Waals surface area contributed by atoms with E-state index in [1.54, 1.807) is 0 Å². The third-order valence-electron chi connectivity index (χ3n) is 4.80. The van der Waals surface area contributed by atoms with Crippen LogP contribution in [0, 0.1) is 0 Å². The Labute approximate surface area is 135 Å². The summed E-state index contributed by atoms with van der Waals surface area (Å²) in [7, 11) is 0. The minimum Gasteiger partial charge on any atom is -0.465 e. The number of esters is 1. The van der Waals surface area contributed by atoms with Crippen molar-refractivity contribution < 1.29 is 9.53 Å². The molecule has 114 valence electrons. The highest BCUT2D eigenvalue weighted by Gasteiger charge is 2.46. The van der Waals surface area contributed by atoms with Crippen molar-refractivity contribution in [2.45, 2.75) is 18.3 Å². The first-order valence-electron chi connectivity index (χ1n) is 7.98. The molecular weight excluding hydrogens is 284 g/mol. The van der Waals surface area contributed by atoms with Gasteiger partial charge in [0.1, 0.15) is 5.41 Å². The van der Waals surface area contributed by atoms with Gasteiger partial charge in [-0.1, -0.05) is 66.7 Å². The summed E-state index contributed by atoms with van der Waals surface area (Å²) >= 11 is 0. The van der Waals surface area contributed by atoms with Crippen LogP contribution in [0.1, 0.15) is 17.5 Å². The third kappa shape index (κ3) is 2.40. The Balaban J connectivity index is 1.82. The molecule has 0 aromatic heterocycles. The number of rotatable bonds is 3. The summed E-state index contributed by atoms with van der Waals surface area (Å²) in [5.74, 6) is -0.100. The fourth-order valence-electron chi connectivity index (χ4n) is 3.51. The lowest BCUT2D eigenvalue weighted by atomic mass is 9.74. The number of hydrogen-bond acceptors (Lipinski definition) is 2. The first-order valence-corrected chi connectivity index (χ1v) is 7.98. The van der Waals surface area contributed by atoms with Crippen molar-refractivity contribution in [2.75, 3.05) is 6.61 Å².